The molecule has 0 unspecified atom stereocenters. The average molecular weight is 342 g/mol. The fraction of sp³-hybridized carbons (Fsp3) is 0.278. The van der Waals surface area contributed by atoms with E-state index < -0.39 is 0 Å². The number of hydrogen-bond donors (Lipinski definition) is 2. The molecule has 2 aromatic rings. The van der Waals surface area contributed by atoms with Crippen molar-refractivity contribution in [2.45, 2.75) is 25.7 Å². The number of aryl methyl sites for hydroxylation is 1. The molecule has 1 fully saturated rings. The number of imide groups is 1. The van der Waals surface area contributed by atoms with Gasteiger partial charge < -0.3 is 5.32 Å². The smallest absolute Gasteiger partial charge is 0.230 e. The Bertz CT molecular complexity index is 738. The molecule has 0 saturated carbocycles. The Kier molecular flexibility index (Phi) is 5.05. The van der Waals surface area contributed by atoms with Gasteiger partial charge >= 0.3 is 0 Å². The highest BCUT2D eigenvalue weighted by Crippen LogP contribution is 2.19. The van der Waals surface area contributed by atoms with Crippen LogP contribution in [-0.4, -0.2) is 17.7 Å². The first-order valence-corrected chi connectivity index (χ1v) is 8.78. The van der Waals surface area contributed by atoms with E-state index in [1.54, 1.807) is 11.3 Å². The first kappa shape index (κ1) is 16.4. The van der Waals surface area contributed by atoms with Crippen molar-refractivity contribution in [1.82, 2.24) is 5.32 Å². The fourth-order valence-electron chi connectivity index (χ4n) is 2.70. The second-order valence-electron chi connectivity index (χ2n) is 5.89. The van der Waals surface area contributed by atoms with Gasteiger partial charge in [0.25, 0.3) is 0 Å². The minimum Gasteiger partial charge on any atom is -0.326 e. The highest BCUT2D eigenvalue weighted by Gasteiger charge is 2.30. The molecule has 1 aromatic heterocycles. The van der Waals surface area contributed by atoms with Crippen LogP contribution in [0, 0.1) is 5.92 Å². The van der Waals surface area contributed by atoms with Crippen molar-refractivity contribution >= 4 is 34.7 Å². The highest BCUT2D eigenvalue weighted by atomic mass is 32.1. The summed E-state index contributed by atoms with van der Waals surface area (Å²) in [4.78, 5) is 34.7. The lowest BCUT2D eigenvalue weighted by Gasteiger charge is -2.08. The molecule has 5 nitrogen and oxygen atoms in total. The number of carbonyl (C=O) groups excluding carboxylic acids is 3. The molecule has 1 atom stereocenters. The van der Waals surface area contributed by atoms with Gasteiger partial charge in [0, 0.05) is 18.5 Å². The lowest BCUT2D eigenvalue weighted by atomic mass is 9.98. The van der Waals surface area contributed by atoms with Crippen LogP contribution in [0.4, 0.5) is 5.69 Å². The van der Waals surface area contributed by atoms with Gasteiger partial charge in [-0.25, -0.2) is 0 Å². The van der Waals surface area contributed by atoms with Crippen LogP contribution in [0.5, 0.6) is 0 Å². The molecule has 2 N–H and O–H groups in total. The first-order valence-electron chi connectivity index (χ1n) is 7.84. The van der Waals surface area contributed by atoms with E-state index in [0.717, 1.165) is 17.7 Å². The van der Waals surface area contributed by atoms with Gasteiger partial charge in [-0.1, -0.05) is 12.1 Å². The van der Waals surface area contributed by atoms with Crippen molar-refractivity contribution in [2.75, 3.05) is 5.32 Å². The minimum absolute atomic E-state index is 0.0188. The van der Waals surface area contributed by atoms with Crippen molar-refractivity contribution in [3.8, 4) is 0 Å². The topological polar surface area (TPSA) is 75.3 Å². The van der Waals surface area contributed by atoms with Crippen molar-refractivity contribution in [3.63, 3.8) is 0 Å². The largest absolute Gasteiger partial charge is 0.326 e. The van der Waals surface area contributed by atoms with Crippen LogP contribution in [0.15, 0.2) is 41.1 Å². The van der Waals surface area contributed by atoms with E-state index in [1.807, 2.05) is 41.1 Å². The molecular weight excluding hydrogens is 324 g/mol. The third-order valence-corrected chi connectivity index (χ3v) is 4.74. The zero-order chi connectivity index (χ0) is 16.9. The lowest BCUT2D eigenvalue weighted by molar-refractivity contribution is -0.125. The summed E-state index contributed by atoms with van der Waals surface area (Å²) in [6, 6.07) is 9.44. The average Bonchev–Trinajstić information content (AvgIpc) is 3.17. The van der Waals surface area contributed by atoms with Crippen LogP contribution in [0.3, 0.4) is 0 Å². The van der Waals surface area contributed by atoms with E-state index >= 15 is 0 Å². The van der Waals surface area contributed by atoms with Crippen LogP contribution < -0.4 is 10.6 Å². The molecule has 2 heterocycles. The van der Waals surface area contributed by atoms with E-state index in [4.69, 9.17) is 0 Å². The molecule has 1 aliphatic rings. The van der Waals surface area contributed by atoms with Gasteiger partial charge in [0.2, 0.25) is 17.7 Å². The van der Waals surface area contributed by atoms with Crippen LogP contribution >= 0.6 is 11.3 Å². The number of rotatable bonds is 6. The SMILES string of the molecule is O=C1C[C@H](Cc2ccc(NC(=O)CCc3ccsc3)cc2)C(=O)N1. The molecule has 3 amide bonds. The van der Waals surface area contributed by atoms with Gasteiger partial charge in [0.15, 0.2) is 0 Å². The Labute approximate surface area is 144 Å². The number of benzene rings is 1. The second kappa shape index (κ2) is 7.40. The number of thiophene rings is 1. The van der Waals surface area contributed by atoms with Crippen LogP contribution in [0.2, 0.25) is 0 Å². The zero-order valence-corrected chi connectivity index (χ0v) is 13.9. The maximum Gasteiger partial charge on any atom is 0.230 e. The third-order valence-electron chi connectivity index (χ3n) is 4.01. The molecule has 0 aliphatic carbocycles. The summed E-state index contributed by atoms with van der Waals surface area (Å²) in [6.07, 6.45) is 1.96. The predicted octanol–water partition coefficient (Wildman–Crippen LogP) is 2.52. The first-order chi connectivity index (χ1) is 11.6. The summed E-state index contributed by atoms with van der Waals surface area (Å²) in [5.41, 5.74) is 2.89. The Balaban J connectivity index is 1.50. The highest BCUT2D eigenvalue weighted by molar-refractivity contribution is 7.07. The summed E-state index contributed by atoms with van der Waals surface area (Å²) in [5, 5.41) is 9.24. The van der Waals surface area contributed by atoms with Gasteiger partial charge in [0.1, 0.15) is 0 Å². The van der Waals surface area contributed by atoms with Crippen LogP contribution in [-0.2, 0) is 27.2 Å². The second-order valence-corrected chi connectivity index (χ2v) is 6.67. The zero-order valence-electron chi connectivity index (χ0n) is 13.1. The van der Waals surface area contributed by atoms with E-state index in [9.17, 15) is 14.4 Å². The Morgan fingerprint density at radius 1 is 1.17 bits per heavy atom. The van der Waals surface area contributed by atoms with Crippen LogP contribution in [0.1, 0.15) is 24.0 Å². The van der Waals surface area contributed by atoms with Crippen molar-refractivity contribution < 1.29 is 14.4 Å². The normalized spacial score (nSPS) is 16.9. The number of carbonyl (C=O) groups is 3. The standard InChI is InChI=1S/C18H18N2O3S/c21-16(6-3-13-7-8-24-11-13)19-15-4-1-12(2-5-15)9-14-10-17(22)20-18(14)23/h1-2,4-5,7-8,11,14H,3,6,9-10H2,(H,19,21)(H,20,22,23)/t14-/m0/s1. The van der Waals surface area contributed by atoms with E-state index in [-0.39, 0.29) is 30.1 Å². The molecule has 1 saturated heterocycles. The van der Waals surface area contributed by atoms with Crippen molar-refractivity contribution in [3.05, 3.63) is 52.2 Å². The van der Waals surface area contributed by atoms with Gasteiger partial charge in [0.05, 0.1) is 5.92 Å². The maximum atomic E-state index is 12.0. The molecule has 24 heavy (non-hydrogen) atoms. The summed E-state index contributed by atoms with van der Waals surface area (Å²) in [7, 11) is 0. The quantitative estimate of drug-likeness (QED) is 0.792. The number of nitrogens with one attached hydrogen (secondary N) is 2. The van der Waals surface area contributed by atoms with Gasteiger partial charge in [-0.05, 0) is 52.9 Å². The van der Waals surface area contributed by atoms with Crippen molar-refractivity contribution in [2.24, 2.45) is 5.92 Å². The maximum absolute atomic E-state index is 12.0. The summed E-state index contributed by atoms with van der Waals surface area (Å²) < 4.78 is 0. The molecule has 1 aliphatic heterocycles. The van der Waals surface area contributed by atoms with E-state index in [0.29, 0.717) is 12.8 Å². The van der Waals surface area contributed by atoms with Crippen LogP contribution in [0.25, 0.3) is 0 Å². The Hall–Kier alpha value is -2.47. The molecular formula is C18H18N2O3S. The summed E-state index contributed by atoms with van der Waals surface area (Å²) >= 11 is 1.63. The van der Waals surface area contributed by atoms with Gasteiger partial charge in [-0.15, -0.1) is 0 Å². The number of anilines is 1. The summed E-state index contributed by atoms with van der Waals surface area (Å²) in [6.45, 7) is 0. The molecule has 0 bridgehead atoms. The molecule has 6 heteroatoms. The monoisotopic (exact) mass is 342 g/mol. The molecule has 1 aromatic carbocycles. The molecule has 0 radical (unpaired) electrons. The Morgan fingerprint density at radius 3 is 2.58 bits per heavy atom. The number of hydrogen-bond acceptors (Lipinski definition) is 4. The van der Waals surface area contributed by atoms with E-state index in [1.165, 1.54) is 5.56 Å². The van der Waals surface area contributed by atoms with E-state index in [2.05, 4.69) is 10.6 Å². The summed E-state index contributed by atoms with van der Waals surface area (Å²) in [5.74, 6) is -0.719. The minimum atomic E-state index is -0.288. The fourth-order valence-corrected chi connectivity index (χ4v) is 3.40. The predicted molar refractivity (Wildman–Crippen MR) is 92.7 cm³/mol. The van der Waals surface area contributed by atoms with Gasteiger partial charge in [-0.2, -0.15) is 11.3 Å². The Morgan fingerprint density at radius 2 is 1.96 bits per heavy atom. The van der Waals surface area contributed by atoms with Gasteiger partial charge in [-0.3, -0.25) is 19.7 Å². The number of amides is 3. The molecule has 124 valence electrons. The lowest BCUT2D eigenvalue weighted by Crippen LogP contribution is -2.22. The molecule has 3 rings (SSSR count). The molecule has 0 spiro atoms. The van der Waals surface area contributed by atoms with Crippen molar-refractivity contribution in [1.29, 1.82) is 0 Å². The third kappa shape index (κ3) is 4.29.